The zero-order valence-electron chi connectivity index (χ0n) is 22.8. The molecule has 0 spiro atoms. The number of carbonyl (C=O) groups is 2. The summed E-state index contributed by atoms with van der Waals surface area (Å²) >= 11 is 0. The molecule has 3 aromatic heterocycles. The first kappa shape index (κ1) is 29.4. The molecule has 3 heterocycles. The van der Waals surface area contributed by atoms with E-state index in [2.05, 4.69) is 20.4 Å². The molecule has 1 aromatic carbocycles. The molecule has 1 amide bonds. The number of aromatic amines is 1. The first-order valence-corrected chi connectivity index (χ1v) is 12.5. The van der Waals surface area contributed by atoms with E-state index in [9.17, 15) is 31.9 Å². The molecule has 4 aromatic rings. The third-order valence-corrected chi connectivity index (χ3v) is 6.45. The third-order valence-electron chi connectivity index (χ3n) is 6.45. The summed E-state index contributed by atoms with van der Waals surface area (Å²) in [5.74, 6) is -3.99. The lowest BCUT2D eigenvalue weighted by Gasteiger charge is -2.35. The molecule has 13 heteroatoms. The van der Waals surface area contributed by atoms with Crippen LogP contribution in [0.2, 0.25) is 0 Å². The number of alkyl halides is 3. The van der Waals surface area contributed by atoms with Crippen LogP contribution in [0.5, 0.6) is 0 Å². The molecule has 41 heavy (non-hydrogen) atoms. The standard InChI is InChI=1S/C28H27F4N5O4/c1-14(2)20-19(13-37-21(20)25(39)35-23(36-37)17-7-6-15(3)33-12-17)24(38)34-22(16-8-10-18(29)11-9-16)27(4,5)41-26(40)28(30,31)32/h6-14,22H,1-5H3,(H,34,38)(H,35,36,39)/t22-/m0/s1. The van der Waals surface area contributed by atoms with Crippen LogP contribution in [0.1, 0.15) is 66.8 Å². The van der Waals surface area contributed by atoms with E-state index < -0.39 is 41.1 Å². The number of hydrogen-bond donors (Lipinski definition) is 2. The minimum Gasteiger partial charge on any atom is -0.450 e. The molecule has 216 valence electrons. The van der Waals surface area contributed by atoms with Gasteiger partial charge in [-0.2, -0.15) is 13.2 Å². The first-order valence-electron chi connectivity index (χ1n) is 12.5. The van der Waals surface area contributed by atoms with Crippen molar-refractivity contribution in [3.8, 4) is 11.4 Å². The van der Waals surface area contributed by atoms with Gasteiger partial charge in [-0.15, -0.1) is 5.10 Å². The topological polar surface area (TPSA) is 118 Å². The van der Waals surface area contributed by atoms with Gasteiger partial charge in [0, 0.05) is 29.2 Å². The minimum absolute atomic E-state index is 0.0299. The quantitative estimate of drug-likeness (QED) is 0.237. The summed E-state index contributed by atoms with van der Waals surface area (Å²) in [7, 11) is 0. The van der Waals surface area contributed by atoms with Crippen LogP contribution in [0.3, 0.4) is 0 Å². The number of nitrogens with one attached hydrogen (secondary N) is 2. The average molecular weight is 574 g/mol. The molecule has 0 fully saturated rings. The third kappa shape index (κ3) is 6.13. The Morgan fingerprint density at radius 1 is 1.07 bits per heavy atom. The molecule has 0 aliphatic heterocycles. The summed E-state index contributed by atoms with van der Waals surface area (Å²) in [6, 6.07) is 6.78. The van der Waals surface area contributed by atoms with Gasteiger partial charge in [-0.25, -0.2) is 13.7 Å². The fourth-order valence-electron chi connectivity index (χ4n) is 4.49. The molecular weight excluding hydrogens is 546 g/mol. The number of pyridine rings is 1. The SMILES string of the molecule is Cc1ccc(-c2nn3cc(C(=O)N[C@@H](c4ccc(F)cc4)C(C)(C)OC(=O)C(F)(F)F)c(C(C)C)c3c(=O)[nH]2)cn1. The number of aromatic nitrogens is 4. The smallest absolute Gasteiger partial charge is 0.450 e. The van der Waals surface area contributed by atoms with Gasteiger partial charge in [0.1, 0.15) is 16.9 Å². The zero-order valence-corrected chi connectivity index (χ0v) is 22.8. The van der Waals surface area contributed by atoms with Gasteiger partial charge in [0.25, 0.3) is 11.5 Å². The maximum atomic E-state index is 13.7. The van der Waals surface area contributed by atoms with Gasteiger partial charge >= 0.3 is 12.1 Å². The molecule has 0 saturated carbocycles. The van der Waals surface area contributed by atoms with Crippen molar-refractivity contribution in [2.75, 3.05) is 0 Å². The second kappa shape index (κ2) is 10.8. The Bertz CT molecular complexity index is 1660. The second-order valence-corrected chi connectivity index (χ2v) is 10.3. The Balaban J connectivity index is 1.79. The van der Waals surface area contributed by atoms with Gasteiger partial charge in [0.2, 0.25) is 0 Å². The summed E-state index contributed by atoms with van der Waals surface area (Å²) in [5.41, 5.74) is -0.500. The van der Waals surface area contributed by atoms with E-state index in [4.69, 9.17) is 4.74 Å². The van der Waals surface area contributed by atoms with E-state index in [1.54, 1.807) is 32.9 Å². The van der Waals surface area contributed by atoms with Crippen molar-refractivity contribution < 1.29 is 31.9 Å². The zero-order chi connectivity index (χ0) is 30.3. The first-order chi connectivity index (χ1) is 19.1. The number of aryl methyl sites for hydroxylation is 1. The molecular formula is C28H27F4N5O4. The number of carbonyl (C=O) groups excluding carboxylic acids is 2. The largest absolute Gasteiger partial charge is 0.490 e. The lowest BCUT2D eigenvalue weighted by atomic mass is 9.90. The van der Waals surface area contributed by atoms with Gasteiger partial charge in [0.05, 0.1) is 11.6 Å². The normalized spacial score (nSPS) is 12.9. The van der Waals surface area contributed by atoms with E-state index in [1.165, 1.54) is 42.9 Å². The number of halogens is 4. The van der Waals surface area contributed by atoms with E-state index in [0.717, 1.165) is 17.8 Å². The van der Waals surface area contributed by atoms with Crippen molar-refractivity contribution in [1.29, 1.82) is 0 Å². The molecule has 0 radical (unpaired) electrons. The Kier molecular flexibility index (Phi) is 7.74. The summed E-state index contributed by atoms with van der Waals surface area (Å²) in [6.45, 7) is 7.71. The highest BCUT2D eigenvalue weighted by Gasteiger charge is 2.46. The van der Waals surface area contributed by atoms with Gasteiger partial charge < -0.3 is 15.0 Å². The number of benzene rings is 1. The van der Waals surface area contributed by atoms with Crippen molar-refractivity contribution in [3.05, 3.63) is 87.3 Å². The monoisotopic (exact) mass is 573 g/mol. The Labute approximate surface area is 231 Å². The predicted molar refractivity (Wildman–Crippen MR) is 141 cm³/mol. The number of fused-ring (bicyclic) bond motifs is 1. The highest BCUT2D eigenvalue weighted by molar-refractivity contribution is 5.98. The minimum atomic E-state index is -5.28. The van der Waals surface area contributed by atoms with Crippen LogP contribution in [0.4, 0.5) is 17.6 Å². The van der Waals surface area contributed by atoms with Crippen molar-refractivity contribution >= 4 is 17.4 Å². The van der Waals surface area contributed by atoms with Crippen LogP contribution in [0, 0.1) is 12.7 Å². The van der Waals surface area contributed by atoms with Crippen molar-refractivity contribution in [2.24, 2.45) is 0 Å². The number of nitrogens with zero attached hydrogens (tertiary/aromatic N) is 3. The van der Waals surface area contributed by atoms with E-state index in [0.29, 0.717) is 11.1 Å². The van der Waals surface area contributed by atoms with Crippen LogP contribution in [0.25, 0.3) is 16.9 Å². The number of esters is 1. The van der Waals surface area contributed by atoms with Gasteiger partial charge in [-0.1, -0.05) is 26.0 Å². The maximum absolute atomic E-state index is 13.7. The van der Waals surface area contributed by atoms with Crippen molar-refractivity contribution in [2.45, 2.75) is 58.4 Å². The van der Waals surface area contributed by atoms with Crippen LogP contribution in [-0.4, -0.2) is 43.2 Å². The fourth-order valence-corrected chi connectivity index (χ4v) is 4.49. The second-order valence-electron chi connectivity index (χ2n) is 10.3. The Morgan fingerprint density at radius 2 is 1.73 bits per heavy atom. The van der Waals surface area contributed by atoms with Gasteiger partial charge in [0.15, 0.2) is 5.82 Å². The van der Waals surface area contributed by atoms with Gasteiger partial charge in [-0.05, 0) is 56.5 Å². The van der Waals surface area contributed by atoms with Crippen LogP contribution in [0.15, 0.2) is 53.6 Å². The highest BCUT2D eigenvalue weighted by atomic mass is 19.4. The number of rotatable bonds is 7. The number of H-pyrrole nitrogens is 1. The summed E-state index contributed by atoms with van der Waals surface area (Å²) in [4.78, 5) is 45.5. The predicted octanol–water partition coefficient (Wildman–Crippen LogP) is 5.01. The molecule has 0 bridgehead atoms. The Morgan fingerprint density at radius 3 is 2.29 bits per heavy atom. The maximum Gasteiger partial charge on any atom is 0.490 e. The average Bonchev–Trinajstić information content (AvgIpc) is 3.28. The molecule has 0 unspecified atom stereocenters. The molecule has 0 saturated heterocycles. The number of hydrogen-bond acceptors (Lipinski definition) is 6. The van der Waals surface area contributed by atoms with Crippen molar-refractivity contribution in [1.82, 2.24) is 24.9 Å². The van der Waals surface area contributed by atoms with E-state index >= 15 is 0 Å². The van der Waals surface area contributed by atoms with Crippen LogP contribution >= 0.6 is 0 Å². The molecule has 1 atom stereocenters. The molecule has 0 aliphatic rings. The Hall–Kier alpha value is -4.55. The van der Waals surface area contributed by atoms with Gasteiger partial charge in [-0.3, -0.25) is 14.6 Å². The lowest BCUT2D eigenvalue weighted by Crippen LogP contribution is -2.47. The lowest BCUT2D eigenvalue weighted by molar-refractivity contribution is -0.213. The molecule has 2 N–H and O–H groups in total. The molecule has 9 nitrogen and oxygen atoms in total. The van der Waals surface area contributed by atoms with Crippen LogP contribution < -0.4 is 10.9 Å². The number of amides is 1. The highest BCUT2D eigenvalue weighted by Crippen LogP contribution is 2.33. The molecule has 0 aliphatic carbocycles. The summed E-state index contributed by atoms with van der Waals surface area (Å²) in [6.07, 6.45) is -2.40. The van der Waals surface area contributed by atoms with Crippen LogP contribution in [-0.2, 0) is 9.53 Å². The van der Waals surface area contributed by atoms with Crippen molar-refractivity contribution in [3.63, 3.8) is 0 Å². The van der Waals surface area contributed by atoms with E-state index in [-0.39, 0.29) is 28.4 Å². The summed E-state index contributed by atoms with van der Waals surface area (Å²) < 4.78 is 58.8. The molecule has 4 rings (SSSR count). The fraction of sp³-hybridized carbons (Fsp3) is 0.321. The summed E-state index contributed by atoms with van der Waals surface area (Å²) in [5, 5.41) is 7.07. The van der Waals surface area contributed by atoms with E-state index in [1.807, 2.05) is 0 Å². The number of ether oxygens (including phenoxy) is 1.